The molecule has 0 rings (SSSR count). The Morgan fingerprint density at radius 2 is 1.02 bits per heavy atom. The van der Waals surface area contributed by atoms with E-state index in [0.29, 0.717) is 12.8 Å². The van der Waals surface area contributed by atoms with Gasteiger partial charge in [-0.25, -0.2) is 4.57 Å². The summed E-state index contributed by atoms with van der Waals surface area (Å²) in [5, 5.41) is 0. The number of carbonyl (C=O) groups is 2. The summed E-state index contributed by atoms with van der Waals surface area (Å²) in [5.74, 6) is -0.987. The lowest BCUT2D eigenvalue weighted by Gasteiger charge is -2.19. The van der Waals surface area contributed by atoms with Crippen LogP contribution in [0.4, 0.5) is 0 Å². The minimum atomic E-state index is -4.40. The van der Waals surface area contributed by atoms with Crippen molar-refractivity contribution in [3.8, 4) is 0 Å². The third-order valence-electron chi connectivity index (χ3n) is 8.21. The number of hydrogen-bond acceptors (Lipinski definition) is 8. The molecule has 0 aromatic heterocycles. The predicted octanol–water partition coefficient (Wildman–Crippen LogP) is 11.2. The number of ether oxygens (including phenoxy) is 2. The van der Waals surface area contributed by atoms with Gasteiger partial charge in [-0.1, -0.05) is 152 Å². The first-order valence-corrected chi connectivity index (χ1v) is 21.6. The summed E-state index contributed by atoms with van der Waals surface area (Å²) in [6.45, 7) is 3.59. The van der Waals surface area contributed by atoms with Crippen LogP contribution >= 0.6 is 7.82 Å². The van der Waals surface area contributed by atoms with Crippen molar-refractivity contribution in [3.63, 3.8) is 0 Å². The molecule has 0 aliphatic carbocycles. The molecule has 0 spiro atoms. The van der Waals surface area contributed by atoms with Gasteiger partial charge in [-0.05, 0) is 51.4 Å². The number of rotatable bonds is 37. The van der Waals surface area contributed by atoms with Gasteiger partial charge in [0.2, 0.25) is 0 Å². The van der Waals surface area contributed by atoms with Crippen molar-refractivity contribution < 1.29 is 37.6 Å². The molecule has 0 heterocycles. The van der Waals surface area contributed by atoms with Crippen molar-refractivity contribution in [2.24, 2.45) is 5.73 Å². The van der Waals surface area contributed by atoms with E-state index in [1.807, 2.05) is 24.3 Å². The Hall–Kier alpha value is -2.03. The van der Waals surface area contributed by atoms with Gasteiger partial charge in [-0.3, -0.25) is 18.6 Å². The molecule has 0 saturated carbocycles. The molecule has 2 unspecified atom stereocenters. The SMILES string of the molecule is CCCCCCCCCCC=CCC=CCCC(=O)OCC(COP(=O)(O)OCCN)OC(=O)CCC=CCC=CCCCCCCCCCC. The summed E-state index contributed by atoms with van der Waals surface area (Å²) in [6, 6.07) is 0. The van der Waals surface area contributed by atoms with Crippen molar-refractivity contribution in [3.05, 3.63) is 48.6 Å². The highest BCUT2D eigenvalue weighted by Gasteiger charge is 2.25. The standard InChI is InChI=1S/C41H74NO8P/c1-3-5-7-9-11-13-15-17-19-21-23-25-27-29-31-33-40(43)47-37-39(38-49-51(45,46)48-36-35-42)50-41(44)34-32-30-28-26-24-22-20-18-16-14-12-10-8-6-4-2/h21-24,27-30,39H,3-20,25-26,31-38,42H2,1-2H3,(H,45,46). The molecule has 0 saturated heterocycles. The van der Waals surface area contributed by atoms with Crippen LogP contribution in [-0.2, 0) is 32.7 Å². The summed E-state index contributed by atoms with van der Waals surface area (Å²) in [7, 11) is -4.40. The maximum Gasteiger partial charge on any atom is 0.472 e. The highest BCUT2D eigenvalue weighted by Crippen LogP contribution is 2.43. The van der Waals surface area contributed by atoms with Crippen LogP contribution < -0.4 is 5.73 Å². The second kappa shape index (κ2) is 37.7. The Morgan fingerprint density at radius 1 is 0.588 bits per heavy atom. The minimum Gasteiger partial charge on any atom is -0.462 e. The molecule has 9 nitrogen and oxygen atoms in total. The number of unbranched alkanes of at least 4 members (excludes halogenated alkanes) is 16. The van der Waals surface area contributed by atoms with E-state index in [0.717, 1.165) is 25.7 Å². The van der Waals surface area contributed by atoms with E-state index in [2.05, 4.69) is 38.2 Å². The number of allylic oxidation sites excluding steroid dienone is 8. The van der Waals surface area contributed by atoms with E-state index in [4.69, 9.17) is 24.3 Å². The molecule has 10 heteroatoms. The molecular formula is C41H74NO8P. The topological polar surface area (TPSA) is 134 Å². The Morgan fingerprint density at radius 3 is 1.49 bits per heavy atom. The van der Waals surface area contributed by atoms with Crippen LogP contribution in [-0.4, -0.2) is 49.3 Å². The Balaban J connectivity index is 4.36. The lowest BCUT2D eigenvalue weighted by Crippen LogP contribution is -2.29. The molecule has 0 aromatic carbocycles. The first kappa shape index (κ1) is 49.0. The van der Waals surface area contributed by atoms with Gasteiger partial charge in [0.05, 0.1) is 13.2 Å². The van der Waals surface area contributed by atoms with Crippen LogP contribution in [0.3, 0.4) is 0 Å². The van der Waals surface area contributed by atoms with Gasteiger partial charge in [0.25, 0.3) is 0 Å². The number of carbonyl (C=O) groups excluding carboxylic acids is 2. The van der Waals surface area contributed by atoms with Crippen molar-refractivity contribution in [1.82, 2.24) is 0 Å². The second-order valence-electron chi connectivity index (χ2n) is 13.1. The molecule has 0 aromatic rings. The highest BCUT2D eigenvalue weighted by atomic mass is 31.2. The lowest BCUT2D eigenvalue weighted by molar-refractivity contribution is -0.161. The number of nitrogens with two attached hydrogens (primary N) is 1. The summed E-state index contributed by atoms with van der Waals surface area (Å²) >= 11 is 0. The second-order valence-corrected chi connectivity index (χ2v) is 14.6. The number of phosphoric ester groups is 1. The van der Waals surface area contributed by atoms with Gasteiger partial charge in [-0.2, -0.15) is 0 Å². The Bertz CT molecular complexity index is 981. The van der Waals surface area contributed by atoms with Gasteiger partial charge >= 0.3 is 19.8 Å². The van der Waals surface area contributed by atoms with Crippen LogP contribution in [0.25, 0.3) is 0 Å². The van der Waals surface area contributed by atoms with Gasteiger partial charge in [0.15, 0.2) is 6.10 Å². The zero-order valence-corrected chi connectivity index (χ0v) is 33.2. The zero-order chi connectivity index (χ0) is 37.5. The minimum absolute atomic E-state index is 0.0382. The van der Waals surface area contributed by atoms with Crippen LogP contribution in [0, 0.1) is 0 Å². The molecule has 2 atom stereocenters. The highest BCUT2D eigenvalue weighted by molar-refractivity contribution is 7.47. The van der Waals surface area contributed by atoms with Crippen LogP contribution in [0.15, 0.2) is 48.6 Å². The molecule has 0 aliphatic heterocycles. The van der Waals surface area contributed by atoms with Gasteiger partial charge in [0.1, 0.15) is 6.61 Å². The van der Waals surface area contributed by atoms with Crippen molar-refractivity contribution in [2.75, 3.05) is 26.4 Å². The molecule has 0 fully saturated rings. The van der Waals surface area contributed by atoms with Gasteiger partial charge in [0, 0.05) is 19.4 Å². The third kappa shape index (κ3) is 37.5. The molecule has 51 heavy (non-hydrogen) atoms. The van der Waals surface area contributed by atoms with Gasteiger partial charge in [-0.15, -0.1) is 0 Å². The van der Waals surface area contributed by atoms with E-state index in [9.17, 15) is 19.0 Å². The van der Waals surface area contributed by atoms with Crippen molar-refractivity contribution >= 4 is 19.8 Å². The van der Waals surface area contributed by atoms with E-state index in [1.165, 1.54) is 103 Å². The first-order chi connectivity index (χ1) is 24.8. The lowest BCUT2D eigenvalue weighted by atomic mass is 10.1. The van der Waals surface area contributed by atoms with Crippen LogP contribution in [0.2, 0.25) is 0 Å². The molecule has 3 N–H and O–H groups in total. The maximum atomic E-state index is 12.5. The van der Waals surface area contributed by atoms with E-state index < -0.39 is 32.5 Å². The molecule has 0 amide bonds. The van der Waals surface area contributed by atoms with Gasteiger partial charge < -0.3 is 20.1 Å². The largest absolute Gasteiger partial charge is 0.472 e. The average molecular weight is 740 g/mol. The fourth-order valence-corrected chi connectivity index (χ4v) is 5.97. The predicted molar refractivity (Wildman–Crippen MR) is 210 cm³/mol. The Labute approximate surface area is 311 Å². The van der Waals surface area contributed by atoms with E-state index in [-0.39, 0.29) is 32.6 Å². The molecule has 0 radical (unpaired) electrons. The average Bonchev–Trinajstić information content (AvgIpc) is 3.11. The van der Waals surface area contributed by atoms with Crippen molar-refractivity contribution in [2.45, 2.75) is 174 Å². The molecule has 0 bridgehead atoms. The quantitative estimate of drug-likeness (QED) is 0.0276. The smallest absolute Gasteiger partial charge is 0.462 e. The summed E-state index contributed by atoms with van der Waals surface area (Å²) in [6.07, 6.45) is 41.7. The molecular weight excluding hydrogens is 665 g/mol. The summed E-state index contributed by atoms with van der Waals surface area (Å²) in [5.41, 5.74) is 5.33. The summed E-state index contributed by atoms with van der Waals surface area (Å²) < 4.78 is 32.5. The summed E-state index contributed by atoms with van der Waals surface area (Å²) in [4.78, 5) is 34.7. The molecule has 296 valence electrons. The zero-order valence-electron chi connectivity index (χ0n) is 32.3. The fraction of sp³-hybridized carbons (Fsp3) is 0.756. The maximum absolute atomic E-state index is 12.5. The number of phosphoric acid groups is 1. The monoisotopic (exact) mass is 740 g/mol. The number of esters is 2. The first-order valence-electron chi connectivity index (χ1n) is 20.1. The number of hydrogen-bond donors (Lipinski definition) is 2. The normalized spacial score (nSPS) is 13.9. The van der Waals surface area contributed by atoms with Crippen molar-refractivity contribution in [1.29, 1.82) is 0 Å². The Kier molecular flexibility index (Phi) is 36.2. The van der Waals surface area contributed by atoms with Crippen LogP contribution in [0.1, 0.15) is 168 Å². The van der Waals surface area contributed by atoms with E-state index in [1.54, 1.807) is 0 Å². The van der Waals surface area contributed by atoms with Crippen LogP contribution in [0.5, 0.6) is 0 Å². The van der Waals surface area contributed by atoms with E-state index >= 15 is 0 Å². The third-order valence-corrected chi connectivity index (χ3v) is 9.20. The molecule has 0 aliphatic rings. The fourth-order valence-electron chi connectivity index (χ4n) is 5.21.